The van der Waals surface area contributed by atoms with Crippen LogP contribution in [0, 0.1) is 17.8 Å². The van der Waals surface area contributed by atoms with Crippen molar-refractivity contribution in [2.45, 2.75) is 82.9 Å². The second kappa shape index (κ2) is 13.1. The molecule has 4 atom stereocenters. The Morgan fingerprint density at radius 3 is 2.12 bits per heavy atom. The van der Waals surface area contributed by atoms with Gasteiger partial charge < -0.3 is 19.2 Å². The number of allylic oxidation sites excluding steroid dienone is 1. The Morgan fingerprint density at radius 1 is 0.875 bits per heavy atom. The molecule has 3 fully saturated rings. The SMILES string of the molecule is CC(C)(C)[Si](OCC1=C2B(O)O[C@H](c3cccc(O)c3)C[C@H]2[C@H]2C(=O)N(C3CCCCC3)C(=O)[C@H]2C1)(c1ccccc1)c1ccccc1. The van der Waals surface area contributed by atoms with Crippen molar-refractivity contribution in [3.05, 3.63) is 102 Å². The quantitative estimate of drug-likeness (QED) is 0.249. The minimum absolute atomic E-state index is 0.0590. The van der Waals surface area contributed by atoms with Crippen LogP contribution in [0.4, 0.5) is 0 Å². The van der Waals surface area contributed by atoms with Gasteiger partial charge in [0, 0.05) is 6.04 Å². The Balaban J connectivity index is 1.31. The number of rotatable bonds is 7. The molecule has 1 saturated carbocycles. The van der Waals surface area contributed by atoms with Gasteiger partial charge in [-0.1, -0.05) is 113 Å². The number of nitrogens with zero attached hydrogens (tertiary/aromatic N) is 1. The van der Waals surface area contributed by atoms with Crippen molar-refractivity contribution >= 4 is 37.6 Å². The zero-order chi connectivity index (χ0) is 33.6. The van der Waals surface area contributed by atoms with Gasteiger partial charge in [0.15, 0.2) is 0 Å². The maximum absolute atomic E-state index is 14.3. The molecule has 9 heteroatoms. The number of amides is 2. The summed E-state index contributed by atoms with van der Waals surface area (Å²) in [7, 11) is -4.20. The van der Waals surface area contributed by atoms with Crippen molar-refractivity contribution in [2.75, 3.05) is 6.61 Å². The van der Waals surface area contributed by atoms with Gasteiger partial charge in [0.05, 0.1) is 24.5 Å². The molecule has 2 aliphatic carbocycles. The van der Waals surface area contributed by atoms with Gasteiger partial charge in [0.1, 0.15) is 5.75 Å². The fourth-order valence-corrected chi connectivity index (χ4v) is 13.7. The number of aromatic hydroxyl groups is 1. The summed E-state index contributed by atoms with van der Waals surface area (Å²) < 4.78 is 13.6. The molecule has 2 saturated heterocycles. The molecule has 2 amide bonds. The molecule has 2 aliphatic heterocycles. The van der Waals surface area contributed by atoms with E-state index < -0.39 is 33.4 Å². The van der Waals surface area contributed by atoms with Crippen molar-refractivity contribution in [2.24, 2.45) is 17.8 Å². The topological polar surface area (TPSA) is 96.3 Å². The predicted molar refractivity (Wildman–Crippen MR) is 189 cm³/mol. The highest BCUT2D eigenvalue weighted by atomic mass is 28.4. The van der Waals surface area contributed by atoms with Crippen molar-refractivity contribution < 1.29 is 28.8 Å². The van der Waals surface area contributed by atoms with Crippen molar-refractivity contribution in [1.29, 1.82) is 0 Å². The maximum Gasteiger partial charge on any atom is 0.487 e. The van der Waals surface area contributed by atoms with E-state index in [0.717, 1.165) is 53.6 Å². The molecule has 2 heterocycles. The van der Waals surface area contributed by atoms with E-state index in [1.165, 1.54) is 0 Å². The van der Waals surface area contributed by atoms with E-state index in [-0.39, 0.29) is 41.2 Å². The Hall–Kier alpha value is -3.50. The Bertz CT molecular complexity index is 1650. The number of imide groups is 1. The van der Waals surface area contributed by atoms with E-state index >= 15 is 0 Å². The number of hydrogen-bond donors (Lipinski definition) is 2. The largest absolute Gasteiger partial charge is 0.508 e. The van der Waals surface area contributed by atoms with Crippen LogP contribution in [-0.4, -0.2) is 54.9 Å². The van der Waals surface area contributed by atoms with E-state index in [2.05, 4.69) is 69.3 Å². The first-order valence-corrected chi connectivity index (χ1v) is 19.5. The van der Waals surface area contributed by atoms with Gasteiger partial charge in [0.25, 0.3) is 8.32 Å². The number of benzene rings is 3. The Kier molecular flexibility index (Phi) is 9.00. The lowest BCUT2D eigenvalue weighted by Gasteiger charge is -2.45. The maximum atomic E-state index is 14.3. The third kappa shape index (κ3) is 5.68. The first-order valence-electron chi connectivity index (χ1n) is 17.6. The molecule has 0 radical (unpaired) electrons. The number of phenolic OH excluding ortho intramolecular Hbond substituents is 1. The number of carbonyl (C=O) groups excluding carboxylic acids is 2. The highest BCUT2D eigenvalue weighted by molar-refractivity contribution is 6.99. The van der Waals surface area contributed by atoms with E-state index in [9.17, 15) is 19.7 Å². The number of likely N-dealkylation sites (tertiary alicyclic amines) is 1. The van der Waals surface area contributed by atoms with Gasteiger partial charge in [-0.2, -0.15) is 0 Å². The normalized spacial score (nSPS) is 25.3. The van der Waals surface area contributed by atoms with Crippen LogP contribution in [0.1, 0.15) is 77.4 Å². The number of fused-ring (bicyclic) bond motifs is 3. The van der Waals surface area contributed by atoms with Crippen molar-refractivity contribution in [3.8, 4) is 5.75 Å². The summed E-state index contributed by atoms with van der Waals surface area (Å²) in [6.07, 6.45) is 5.13. The molecule has 7 rings (SSSR count). The predicted octanol–water partition coefficient (Wildman–Crippen LogP) is 5.70. The van der Waals surface area contributed by atoms with Gasteiger partial charge in [-0.3, -0.25) is 14.5 Å². The molecule has 0 bridgehead atoms. The van der Waals surface area contributed by atoms with Gasteiger partial charge in [-0.05, 0) is 75.8 Å². The van der Waals surface area contributed by atoms with E-state index in [1.807, 2.05) is 18.2 Å². The third-order valence-corrected chi connectivity index (χ3v) is 16.3. The standard InChI is InChI=1S/C39H46BNO6Si/c1-39(2,3)48(30-18-9-5-10-19-30,31-20-11-6-12-21-31)46-25-27-23-33-35(38(44)41(37(33)43)28-15-7-4-8-16-28)32-24-34(47-40(45)36(27)32)26-14-13-17-29(42)22-26/h5-6,9-14,17-22,28,32-35,42,45H,4,7-8,15-16,23-25H2,1-3H3/t32-,33-,34-,35+/m0/s1. The number of phenols is 1. The van der Waals surface area contributed by atoms with E-state index in [1.54, 1.807) is 23.1 Å². The molecular weight excluding hydrogens is 617 g/mol. The average Bonchev–Trinajstić information content (AvgIpc) is 3.34. The summed E-state index contributed by atoms with van der Waals surface area (Å²) in [6, 6.07) is 27.7. The fraction of sp³-hybridized carbons (Fsp3) is 0.436. The molecule has 0 unspecified atom stereocenters. The van der Waals surface area contributed by atoms with Gasteiger partial charge in [-0.15, -0.1) is 0 Å². The smallest absolute Gasteiger partial charge is 0.487 e. The third-order valence-electron chi connectivity index (χ3n) is 11.3. The molecule has 2 N–H and O–H groups in total. The average molecular weight is 664 g/mol. The lowest BCUT2D eigenvalue weighted by Crippen LogP contribution is -2.66. The zero-order valence-corrected chi connectivity index (χ0v) is 29.2. The molecule has 250 valence electrons. The summed E-state index contributed by atoms with van der Waals surface area (Å²) in [5.74, 6) is -1.50. The monoisotopic (exact) mass is 663 g/mol. The summed E-state index contributed by atoms with van der Waals surface area (Å²) in [5, 5.41) is 24.1. The van der Waals surface area contributed by atoms with Crippen LogP contribution in [0.5, 0.6) is 5.75 Å². The second-order valence-corrected chi connectivity index (χ2v) is 19.4. The van der Waals surface area contributed by atoms with E-state index in [4.69, 9.17) is 9.08 Å². The molecular formula is C39H46BNO6Si. The van der Waals surface area contributed by atoms with Crippen molar-refractivity contribution in [1.82, 2.24) is 4.90 Å². The number of carbonyl (C=O) groups is 2. The van der Waals surface area contributed by atoms with Gasteiger partial charge in [-0.25, -0.2) is 0 Å². The Labute approximate surface area is 285 Å². The highest BCUT2D eigenvalue weighted by Crippen LogP contribution is 2.52. The minimum atomic E-state index is -2.94. The van der Waals surface area contributed by atoms with Crippen LogP contribution in [0.25, 0.3) is 0 Å². The molecule has 0 aromatic heterocycles. The van der Waals surface area contributed by atoms with Crippen LogP contribution in [0.3, 0.4) is 0 Å². The summed E-state index contributed by atoms with van der Waals surface area (Å²) in [4.78, 5) is 30.2. The molecule has 3 aromatic carbocycles. The summed E-state index contributed by atoms with van der Waals surface area (Å²) in [6.45, 7) is 6.92. The van der Waals surface area contributed by atoms with Crippen molar-refractivity contribution in [3.63, 3.8) is 0 Å². The highest BCUT2D eigenvalue weighted by Gasteiger charge is 2.59. The van der Waals surface area contributed by atoms with Crippen LogP contribution in [-0.2, 0) is 18.7 Å². The zero-order valence-electron chi connectivity index (χ0n) is 28.2. The van der Waals surface area contributed by atoms with Crippen LogP contribution in [0.15, 0.2) is 96.0 Å². The molecule has 0 spiro atoms. The van der Waals surface area contributed by atoms with Crippen LogP contribution in [0.2, 0.25) is 5.04 Å². The first-order chi connectivity index (χ1) is 23.1. The Morgan fingerprint density at radius 2 is 1.52 bits per heavy atom. The minimum Gasteiger partial charge on any atom is -0.508 e. The first kappa shape index (κ1) is 33.0. The van der Waals surface area contributed by atoms with E-state index in [0.29, 0.717) is 18.3 Å². The fourth-order valence-electron chi connectivity index (χ4n) is 9.16. The lowest BCUT2D eigenvalue weighted by atomic mass is 9.55. The molecule has 3 aromatic rings. The van der Waals surface area contributed by atoms with Gasteiger partial charge >= 0.3 is 7.12 Å². The summed E-state index contributed by atoms with van der Waals surface area (Å²) >= 11 is 0. The summed E-state index contributed by atoms with van der Waals surface area (Å²) in [5.41, 5.74) is 2.29. The number of hydrogen-bond acceptors (Lipinski definition) is 6. The van der Waals surface area contributed by atoms with Crippen LogP contribution >= 0.6 is 0 Å². The molecule has 4 aliphatic rings. The molecule has 48 heavy (non-hydrogen) atoms. The van der Waals surface area contributed by atoms with Crippen LogP contribution < -0.4 is 10.4 Å². The molecule has 7 nitrogen and oxygen atoms in total. The second-order valence-electron chi connectivity index (χ2n) is 15.1. The van der Waals surface area contributed by atoms with Gasteiger partial charge in [0.2, 0.25) is 11.8 Å². The lowest BCUT2D eigenvalue weighted by molar-refractivity contribution is -0.143.